The molecule has 4 heteroatoms. The molecule has 0 aromatic rings. The third-order valence-electron chi connectivity index (χ3n) is 4.02. The lowest BCUT2D eigenvalue weighted by Gasteiger charge is -2.27. The average Bonchev–Trinajstić information content (AvgIpc) is 2.36. The zero-order chi connectivity index (χ0) is 14.5. The van der Waals surface area contributed by atoms with Crippen molar-refractivity contribution >= 4 is 11.9 Å². The van der Waals surface area contributed by atoms with Gasteiger partial charge in [0.25, 0.3) is 0 Å². The molecule has 0 aromatic heterocycles. The predicted octanol–water partition coefficient (Wildman–Crippen LogP) is 2.74. The minimum atomic E-state index is -0.886. The molecule has 1 aliphatic rings. The van der Waals surface area contributed by atoms with Crippen molar-refractivity contribution in [3.63, 3.8) is 0 Å². The molecule has 19 heavy (non-hydrogen) atoms. The lowest BCUT2D eigenvalue weighted by molar-refractivity contribution is -0.131. The first-order valence-electron chi connectivity index (χ1n) is 7.04. The van der Waals surface area contributed by atoms with Crippen LogP contribution in [-0.2, 0) is 9.59 Å². The zero-order valence-electron chi connectivity index (χ0n) is 12.2. The van der Waals surface area contributed by atoms with Gasteiger partial charge in [-0.2, -0.15) is 0 Å². The van der Waals surface area contributed by atoms with Crippen molar-refractivity contribution in [2.45, 2.75) is 52.9 Å². The molecular weight excluding hydrogens is 242 g/mol. The largest absolute Gasteiger partial charge is 0.478 e. The van der Waals surface area contributed by atoms with Crippen LogP contribution in [0.2, 0.25) is 0 Å². The molecule has 4 nitrogen and oxygen atoms in total. The van der Waals surface area contributed by atoms with E-state index in [1.807, 2.05) is 0 Å². The summed E-state index contributed by atoms with van der Waals surface area (Å²) in [5.74, 6) is -0.725. The van der Waals surface area contributed by atoms with E-state index in [0.717, 1.165) is 37.7 Å². The molecule has 1 saturated carbocycles. The number of hydrogen-bond acceptors (Lipinski definition) is 2. The smallest absolute Gasteiger partial charge is 0.328 e. The summed E-state index contributed by atoms with van der Waals surface area (Å²) in [6.45, 7) is 7.11. The van der Waals surface area contributed by atoms with E-state index in [4.69, 9.17) is 5.11 Å². The quantitative estimate of drug-likeness (QED) is 0.753. The summed E-state index contributed by atoms with van der Waals surface area (Å²) >= 11 is 0. The Hall–Kier alpha value is -1.32. The van der Waals surface area contributed by atoms with Crippen LogP contribution in [0.3, 0.4) is 0 Å². The normalized spacial score (nSPS) is 19.9. The Morgan fingerprint density at radius 3 is 2.42 bits per heavy atom. The van der Waals surface area contributed by atoms with Crippen LogP contribution in [0.1, 0.15) is 52.9 Å². The fourth-order valence-electron chi connectivity index (χ4n) is 2.17. The summed E-state index contributed by atoms with van der Waals surface area (Å²) in [5, 5.41) is 11.7. The summed E-state index contributed by atoms with van der Waals surface area (Å²) < 4.78 is 0. The Bertz CT molecular complexity index is 362. The van der Waals surface area contributed by atoms with E-state index < -0.39 is 5.97 Å². The first-order valence-corrected chi connectivity index (χ1v) is 7.04. The molecule has 0 spiro atoms. The Labute approximate surface area is 115 Å². The second-order valence-electron chi connectivity index (χ2n) is 6.15. The van der Waals surface area contributed by atoms with Crippen molar-refractivity contribution in [1.82, 2.24) is 5.32 Å². The van der Waals surface area contributed by atoms with Crippen LogP contribution in [0.15, 0.2) is 11.6 Å². The van der Waals surface area contributed by atoms with E-state index in [9.17, 15) is 9.59 Å². The number of carboxylic acid groups (broad SMARTS) is 1. The lowest BCUT2D eigenvalue weighted by Crippen LogP contribution is -2.38. The van der Waals surface area contributed by atoms with Gasteiger partial charge in [-0.05, 0) is 37.5 Å². The highest BCUT2D eigenvalue weighted by Crippen LogP contribution is 2.28. The summed E-state index contributed by atoms with van der Waals surface area (Å²) in [4.78, 5) is 22.6. The first kappa shape index (κ1) is 15.7. The number of amides is 1. The van der Waals surface area contributed by atoms with Crippen molar-refractivity contribution in [2.75, 3.05) is 6.54 Å². The number of aliphatic carboxylic acids is 1. The highest BCUT2D eigenvalue weighted by Gasteiger charge is 2.25. The molecule has 0 aliphatic heterocycles. The highest BCUT2D eigenvalue weighted by atomic mass is 16.4. The van der Waals surface area contributed by atoms with Gasteiger partial charge in [0.2, 0.25) is 5.91 Å². The van der Waals surface area contributed by atoms with Crippen LogP contribution in [0.25, 0.3) is 0 Å². The third-order valence-corrected chi connectivity index (χ3v) is 4.02. The minimum absolute atomic E-state index is 0.0404. The van der Waals surface area contributed by atoms with Gasteiger partial charge >= 0.3 is 5.97 Å². The second kappa shape index (κ2) is 6.73. The van der Waals surface area contributed by atoms with E-state index in [2.05, 4.69) is 26.1 Å². The van der Waals surface area contributed by atoms with Crippen LogP contribution >= 0.6 is 0 Å². The molecule has 0 atom stereocenters. The summed E-state index contributed by atoms with van der Waals surface area (Å²) in [7, 11) is 0. The lowest BCUT2D eigenvalue weighted by atomic mass is 9.84. The number of carbonyl (C=O) groups excluding carboxylic acids is 1. The molecule has 108 valence electrons. The van der Waals surface area contributed by atoms with Crippen molar-refractivity contribution in [2.24, 2.45) is 11.3 Å². The average molecular weight is 267 g/mol. The molecule has 0 aromatic carbocycles. The number of rotatable bonds is 5. The third kappa shape index (κ3) is 5.45. The van der Waals surface area contributed by atoms with Crippen molar-refractivity contribution in [3.05, 3.63) is 11.6 Å². The molecule has 0 heterocycles. The van der Waals surface area contributed by atoms with Gasteiger partial charge in [-0.3, -0.25) is 4.79 Å². The van der Waals surface area contributed by atoms with Crippen LogP contribution in [0.4, 0.5) is 0 Å². The van der Waals surface area contributed by atoms with E-state index in [1.54, 1.807) is 0 Å². The van der Waals surface area contributed by atoms with Crippen LogP contribution in [0.5, 0.6) is 0 Å². The summed E-state index contributed by atoms with van der Waals surface area (Å²) in [6.07, 6.45) is 5.29. The molecule has 1 fully saturated rings. The molecule has 1 rings (SSSR count). The van der Waals surface area contributed by atoms with E-state index in [1.165, 1.54) is 6.08 Å². The maximum absolute atomic E-state index is 12.0. The Morgan fingerprint density at radius 2 is 1.95 bits per heavy atom. The number of carboxylic acids is 1. The van der Waals surface area contributed by atoms with Gasteiger partial charge in [0.1, 0.15) is 0 Å². The van der Waals surface area contributed by atoms with Crippen molar-refractivity contribution < 1.29 is 14.7 Å². The van der Waals surface area contributed by atoms with Crippen LogP contribution in [0, 0.1) is 11.3 Å². The van der Waals surface area contributed by atoms with Crippen molar-refractivity contribution in [3.8, 4) is 0 Å². The predicted molar refractivity (Wildman–Crippen MR) is 74.8 cm³/mol. The van der Waals surface area contributed by atoms with Crippen molar-refractivity contribution in [1.29, 1.82) is 0 Å². The zero-order valence-corrected chi connectivity index (χ0v) is 12.2. The standard InChI is InChI=1S/C15H25NO3/c1-4-15(2,3)10-16-14(19)12-7-5-11(6-8-12)9-13(17)18/h9,12H,4-8,10H2,1-3H3,(H,16,19)(H,17,18). The molecule has 1 amide bonds. The van der Waals surface area contributed by atoms with E-state index >= 15 is 0 Å². The molecule has 0 unspecified atom stereocenters. The molecule has 1 aliphatic carbocycles. The van der Waals surface area contributed by atoms with Gasteiger partial charge in [0.05, 0.1) is 0 Å². The maximum Gasteiger partial charge on any atom is 0.328 e. The summed E-state index contributed by atoms with van der Waals surface area (Å²) in [6, 6.07) is 0. The Morgan fingerprint density at radius 1 is 1.37 bits per heavy atom. The first-order chi connectivity index (χ1) is 8.84. The van der Waals surface area contributed by atoms with Gasteiger partial charge in [0, 0.05) is 18.5 Å². The molecule has 0 bridgehead atoms. The van der Waals surface area contributed by atoms with Gasteiger partial charge in [-0.1, -0.05) is 26.3 Å². The second-order valence-corrected chi connectivity index (χ2v) is 6.15. The highest BCUT2D eigenvalue weighted by molar-refractivity contribution is 5.81. The van der Waals surface area contributed by atoms with Crippen LogP contribution in [-0.4, -0.2) is 23.5 Å². The Kier molecular flexibility index (Phi) is 5.58. The fraction of sp³-hybridized carbons (Fsp3) is 0.733. The fourth-order valence-corrected chi connectivity index (χ4v) is 2.17. The number of carbonyl (C=O) groups is 2. The molecular formula is C15H25NO3. The van der Waals surface area contributed by atoms with E-state index in [0.29, 0.717) is 6.54 Å². The van der Waals surface area contributed by atoms with E-state index in [-0.39, 0.29) is 17.2 Å². The van der Waals surface area contributed by atoms with Gasteiger partial charge < -0.3 is 10.4 Å². The molecule has 0 radical (unpaired) electrons. The SMILES string of the molecule is CCC(C)(C)CNC(=O)C1CCC(=CC(=O)O)CC1. The monoisotopic (exact) mass is 267 g/mol. The number of allylic oxidation sites excluding steroid dienone is 1. The number of hydrogen-bond donors (Lipinski definition) is 2. The summed E-state index contributed by atoms with van der Waals surface area (Å²) in [5.41, 5.74) is 1.09. The number of nitrogens with one attached hydrogen (secondary N) is 1. The topological polar surface area (TPSA) is 66.4 Å². The van der Waals surface area contributed by atoms with Gasteiger partial charge in [0.15, 0.2) is 0 Å². The Balaban J connectivity index is 2.39. The van der Waals surface area contributed by atoms with Gasteiger partial charge in [-0.25, -0.2) is 4.79 Å². The molecule has 2 N–H and O–H groups in total. The minimum Gasteiger partial charge on any atom is -0.478 e. The molecule has 0 saturated heterocycles. The van der Waals surface area contributed by atoms with Crippen LogP contribution < -0.4 is 5.32 Å². The van der Waals surface area contributed by atoms with Gasteiger partial charge in [-0.15, -0.1) is 0 Å². The maximum atomic E-state index is 12.0.